The first-order chi connectivity index (χ1) is 8.74. The Morgan fingerprint density at radius 3 is 2.42 bits per heavy atom. The largest absolute Gasteiger partial charge is 0.374 e. The number of nitrogens with zero attached hydrogens (tertiary/aromatic N) is 2. The maximum Gasteiger partial charge on any atom is 0.239 e. The second kappa shape index (κ2) is 6.43. The van der Waals surface area contributed by atoms with Gasteiger partial charge in [0.2, 0.25) is 6.04 Å². The van der Waals surface area contributed by atoms with Crippen molar-refractivity contribution in [1.29, 1.82) is 0 Å². The zero-order valence-corrected chi connectivity index (χ0v) is 12.3. The SMILES string of the molecule is COC1CC(C(=O)CCC[N+](C)(C)C)CC1[N+](=O)[O-]. The molecule has 0 aromatic carbocycles. The van der Waals surface area contributed by atoms with Gasteiger partial charge in [0.25, 0.3) is 0 Å². The topological polar surface area (TPSA) is 69.4 Å². The van der Waals surface area contributed by atoms with Crippen molar-refractivity contribution >= 4 is 5.78 Å². The van der Waals surface area contributed by atoms with E-state index in [-0.39, 0.29) is 16.6 Å². The monoisotopic (exact) mass is 273 g/mol. The molecule has 6 nitrogen and oxygen atoms in total. The molecular weight excluding hydrogens is 248 g/mol. The fourth-order valence-electron chi connectivity index (χ4n) is 2.65. The first kappa shape index (κ1) is 16.0. The minimum atomic E-state index is -0.725. The molecule has 1 aliphatic rings. The van der Waals surface area contributed by atoms with E-state index in [9.17, 15) is 14.9 Å². The van der Waals surface area contributed by atoms with Crippen LogP contribution in [0.5, 0.6) is 0 Å². The molecule has 0 radical (unpaired) electrons. The maximum absolute atomic E-state index is 12.1. The highest BCUT2D eigenvalue weighted by Gasteiger charge is 2.44. The van der Waals surface area contributed by atoms with Crippen molar-refractivity contribution in [1.82, 2.24) is 0 Å². The van der Waals surface area contributed by atoms with E-state index in [2.05, 4.69) is 21.1 Å². The lowest BCUT2D eigenvalue weighted by Gasteiger charge is -2.23. The number of Topliss-reactive ketones (excluding diaryl/α,β-unsaturated/α-hetero) is 1. The van der Waals surface area contributed by atoms with Crippen LogP contribution in [0.1, 0.15) is 25.7 Å². The molecule has 0 amide bonds. The van der Waals surface area contributed by atoms with Gasteiger partial charge in [-0.25, -0.2) is 0 Å². The summed E-state index contributed by atoms with van der Waals surface area (Å²) in [5.74, 6) is -0.0485. The summed E-state index contributed by atoms with van der Waals surface area (Å²) in [4.78, 5) is 22.7. The third kappa shape index (κ3) is 4.87. The highest BCUT2D eigenvalue weighted by atomic mass is 16.6. The van der Waals surface area contributed by atoms with E-state index in [4.69, 9.17) is 4.74 Å². The summed E-state index contributed by atoms with van der Waals surface area (Å²) in [6.45, 7) is 0.935. The predicted molar refractivity (Wildman–Crippen MR) is 71.4 cm³/mol. The van der Waals surface area contributed by atoms with Gasteiger partial charge in [0.1, 0.15) is 11.9 Å². The average molecular weight is 273 g/mol. The van der Waals surface area contributed by atoms with Crippen molar-refractivity contribution < 1.29 is 18.9 Å². The van der Waals surface area contributed by atoms with Crippen LogP contribution in [-0.2, 0) is 9.53 Å². The van der Waals surface area contributed by atoms with Crippen molar-refractivity contribution in [3.63, 3.8) is 0 Å². The molecular formula is C13H25N2O4+. The van der Waals surface area contributed by atoms with E-state index < -0.39 is 12.1 Å². The van der Waals surface area contributed by atoms with Crippen molar-refractivity contribution in [2.75, 3.05) is 34.8 Å². The van der Waals surface area contributed by atoms with Gasteiger partial charge in [0.15, 0.2) is 0 Å². The summed E-state index contributed by atoms with van der Waals surface area (Å²) in [6, 6.07) is -0.725. The van der Waals surface area contributed by atoms with E-state index in [1.165, 1.54) is 7.11 Å². The van der Waals surface area contributed by atoms with Crippen LogP contribution in [0, 0.1) is 16.0 Å². The molecule has 6 heteroatoms. The first-order valence-corrected chi connectivity index (χ1v) is 6.74. The van der Waals surface area contributed by atoms with E-state index in [1.807, 2.05) is 0 Å². The van der Waals surface area contributed by atoms with Crippen molar-refractivity contribution in [3.8, 4) is 0 Å². The smallest absolute Gasteiger partial charge is 0.239 e. The molecule has 1 rings (SSSR count). The molecule has 1 saturated carbocycles. The summed E-state index contributed by atoms with van der Waals surface area (Å²) in [5, 5.41) is 10.9. The lowest BCUT2D eigenvalue weighted by molar-refractivity contribution is -0.870. The second-order valence-corrected chi connectivity index (χ2v) is 6.38. The Balaban J connectivity index is 2.44. The van der Waals surface area contributed by atoms with Crippen molar-refractivity contribution in [2.24, 2.45) is 5.92 Å². The Kier molecular flexibility index (Phi) is 5.43. The Labute approximate surface area is 114 Å². The fraction of sp³-hybridized carbons (Fsp3) is 0.923. The Hall–Kier alpha value is -1.01. The summed E-state index contributed by atoms with van der Waals surface area (Å²) in [6.07, 6.45) is 1.75. The third-order valence-corrected chi connectivity index (χ3v) is 3.75. The van der Waals surface area contributed by atoms with Crippen LogP contribution >= 0.6 is 0 Å². The fourth-order valence-corrected chi connectivity index (χ4v) is 2.65. The summed E-state index contributed by atoms with van der Waals surface area (Å²) in [7, 11) is 7.74. The minimum Gasteiger partial charge on any atom is -0.374 e. The van der Waals surface area contributed by atoms with Gasteiger partial charge in [-0.15, -0.1) is 0 Å². The quantitative estimate of drug-likeness (QED) is 0.396. The van der Waals surface area contributed by atoms with E-state index in [1.54, 1.807) is 0 Å². The molecule has 19 heavy (non-hydrogen) atoms. The van der Waals surface area contributed by atoms with Crippen LogP contribution < -0.4 is 0 Å². The molecule has 0 aliphatic heterocycles. The van der Waals surface area contributed by atoms with Crippen LogP contribution in [0.2, 0.25) is 0 Å². The van der Waals surface area contributed by atoms with Gasteiger partial charge in [-0.1, -0.05) is 0 Å². The molecule has 0 bridgehead atoms. The van der Waals surface area contributed by atoms with Gasteiger partial charge < -0.3 is 9.22 Å². The number of ether oxygens (including phenoxy) is 1. The van der Waals surface area contributed by atoms with E-state index in [0.717, 1.165) is 17.4 Å². The van der Waals surface area contributed by atoms with Crippen LogP contribution in [0.3, 0.4) is 0 Å². The molecule has 3 unspecified atom stereocenters. The summed E-state index contributed by atoms with van der Waals surface area (Å²) < 4.78 is 5.96. The molecule has 0 N–H and O–H groups in total. The maximum atomic E-state index is 12.1. The number of carbonyl (C=O) groups excluding carboxylic acids is 1. The molecule has 0 aromatic rings. The van der Waals surface area contributed by atoms with Gasteiger partial charge in [0, 0.05) is 37.2 Å². The molecule has 3 atom stereocenters. The molecule has 1 aliphatic carbocycles. The Bertz CT molecular complexity index is 338. The molecule has 0 spiro atoms. The number of methoxy groups -OCH3 is 1. The van der Waals surface area contributed by atoms with E-state index >= 15 is 0 Å². The molecule has 0 aromatic heterocycles. The Morgan fingerprint density at radius 2 is 2.00 bits per heavy atom. The van der Waals surface area contributed by atoms with Gasteiger partial charge in [-0.2, -0.15) is 0 Å². The molecule has 110 valence electrons. The number of ketones is 1. The number of rotatable bonds is 7. The highest BCUT2D eigenvalue weighted by molar-refractivity contribution is 5.81. The zero-order valence-electron chi connectivity index (χ0n) is 12.3. The number of quaternary nitrogens is 1. The molecule has 0 heterocycles. The molecule has 1 fully saturated rings. The van der Waals surface area contributed by atoms with E-state index in [0.29, 0.717) is 19.3 Å². The zero-order chi connectivity index (χ0) is 14.6. The van der Waals surface area contributed by atoms with Gasteiger partial charge in [-0.05, 0) is 6.42 Å². The highest BCUT2D eigenvalue weighted by Crippen LogP contribution is 2.31. The number of carbonyl (C=O) groups is 1. The van der Waals surface area contributed by atoms with Crippen LogP contribution in [0.4, 0.5) is 0 Å². The van der Waals surface area contributed by atoms with Crippen LogP contribution in [0.15, 0.2) is 0 Å². The average Bonchev–Trinajstić information content (AvgIpc) is 2.71. The van der Waals surface area contributed by atoms with Crippen molar-refractivity contribution in [2.45, 2.75) is 37.8 Å². The van der Waals surface area contributed by atoms with Gasteiger partial charge >= 0.3 is 0 Å². The lowest BCUT2D eigenvalue weighted by Crippen LogP contribution is -2.35. The lowest BCUT2D eigenvalue weighted by atomic mass is 9.98. The summed E-state index contributed by atoms with van der Waals surface area (Å²) >= 11 is 0. The number of hydrogen-bond donors (Lipinski definition) is 0. The van der Waals surface area contributed by atoms with Crippen LogP contribution in [-0.4, -0.2) is 62.1 Å². The third-order valence-electron chi connectivity index (χ3n) is 3.75. The van der Waals surface area contributed by atoms with Gasteiger partial charge in [-0.3, -0.25) is 14.9 Å². The van der Waals surface area contributed by atoms with Crippen LogP contribution in [0.25, 0.3) is 0 Å². The summed E-state index contributed by atoms with van der Waals surface area (Å²) in [5.41, 5.74) is 0. The standard InChI is InChI=1S/C13H25N2O4/c1-15(2,3)7-5-6-12(16)10-8-11(14(17)18)13(9-10)19-4/h10-11,13H,5-9H2,1-4H3/q+1. The van der Waals surface area contributed by atoms with Crippen molar-refractivity contribution in [3.05, 3.63) is 10.1 Å². The predicted octanol–water partition coefficient (Wildman–Crippen LogP) is 1.11. The Morgan fingerprint density at radius 1 is 1.37 bits per heavy atom. The van der Waals surface area contributed by atoms with Gasteiger partial charge in [0.05, 0.1) is 27.7 Å². The number of nitro groups is 1. The first-order valence-electron chi connectivity index (χ1n) is 6.74. The second-order valence-electron chi connectivity index (χ2n) is 6.38. The minimum absolute atomic E-state index is 0.153. The normalized spacial score (nSPS) is 27.5. The number of hydrogen-bond acceptors (Lipinski definition) is 4. The molecule has 0 saturated heterocycles.